The Balaban J connectivity index is 0.000000121. The number of likely N-dealkylation sites (tertiary alicyclic amines) is 1. The molecule has 0 atom stereocenters. The van der Waals surface area contributed by atoms with Crippen LogP contribution in [0.5, 0.6) is 24.0 Å². The molecule has 0 radical (unpaired) electrons. The zero-order valence-corrected chi connectivity index (χ0v) is 68.4. The van der Waals surface area contributed by atoms with Gasteiger partial charge < -0.3 is 79.8 Å². The maximum Gasteiger partial charge on any atom is 0.410 e. The number of aromatic nitrogens is 26. The molecule has 18 rings (SSSR count). The van der Waals surface area contributed by atoms with E-state index in [1.807, 2.05) is 43.0 Å². The smallest absolute Gasteiger partial charge is 0.410 e. The number of carbonyl (C=O) groups excluding carboxylic acids is 1. The first-order valence-corrected chi connectivity index (χ1v) is 40.5. The quantitative estimate of drug-likeness (QED) is 0.0131. The number of hydrogen-bond donors (Lipinski definition) is 9. The van der Waals surface area contributed by atoms with E-state index in [0.717, 1.165) is 37.9 Å². The van der Waals surface area contributed by atoms with Gasteiger partial charge in [-0.25, -0.2) is 44.7 Å². The van der Waals surface area contributed by atoms with Crippen LogP contribution in [-0.2, 0) is 42.2 Å². The van der Waals surface area contributed by atoms with E-state index in [2.05, 4.69) is 151 Å². The predicted molar refractivity (Wildman–Crippen MR) is 437 cm³/mol. The number of carbonyl (C=O) groups is 1. The standard InChI is InChI=1S/C18H21ClN8O3.C15H16ClN7O.C14H15ClN6OS.C12H13ClN6O2S.C10H8ClN5S/c1-18(2,3)30-17(28)27-7-11(8-27)29-16-23-12-13(24-15(19)25-14(12)26-16)21-6-10-4-5-20-9-22-10;16-14-21-12(18-6-10-4-5-17-8-19-10)11-13(22-14)23-15(20-11)24-7-9-2-1-3-9;15-13-19-11(17-6-9-16-4-5-23-9)10-12(20-13)21-14(18-10)22-7-8-2-1-3-8;1-20-3-4-21-12-16-8-9(15-6-7-14-2-5-22-7)17-11(13)18-10(8)19-12;11-7-5-9(13-6-10-12-3-4-17-10)16-8(15-7)1-2-14-16/h4-5,9,11H,6-8H2,1-3H3,(H2,21,23,24,25,26);4-5,8-9H,1-3,6-7H2,(H2,18,20,21,22,23);4-5,8H,1-3,6-7H2,(H2,17,18,19,20,21);2,5H,3-4,6H2,1H3,(H2,15,16,17,18,19);1-5,13H,6H2. The number of ether oxygens (including phenoxy) is 6. The van der Waals surface area contributed by atoms with Crippen LogP contribution in [0, 0.1) is 11.8 Å². The van der Waals surface area contributed by atoms with E-state index < -0.39 is 5.60 Å². The van der Waals surface area contributed by atoms with Gasteiger partial charge in [0, 0.05) is 66.4 Å². The molecule has 2 aliphatic carbocycles. The molecule has 16 heterocycles. The van der Waals surface area contributed by atoms with E-state index in [1.54, 1.807) is 106 Å². The van der Waals surface area contributed by atoms with Crippen LogP contribution in [0.4, 0.5) is 33.9 Å². The summed E-state index contributed by atoms with van der Waals surface area (Å²) in [6, 6.07) is 8.70. The zero-order valence-electron chi connectivity index (χ0n) is 62.2. The highest BCUT2D eigenvalue weighted by Crippen LogP contribution is 2.32. The number of rotatable bonds is 27. The molecule has 0 aromatic carbocycles. The molecule has 1 amide bonds. The van der Waals surface area contributed by atoms with E-state index in [0.29, 0.717) is 175 Å². The van der Waals surface area contributed by atoms with Crippen LogP contribution in [0.15, 0.2) is 90.2 Å². The predicted octanol–water partition coefficient (Wildman–Crippen LogP) is 12.8. The van der Waals surface area contributed by atoms with Gasteiger partial charge in [-0.2, -0.15) is 69.4 Å². The molecule has 2 saturated carbocycles. The molecule has 39 nitrogen and oxygen atoms in total. The first-order valence-electron chi connectivity index (χ1n) is 36.0. The average molecular weight is 1740 g/mol. The number of halogens is 5. The number of H-pyrrole nitrogens is 4. The molecule has 0 bridgehead atoms. The Morgan fingerprint density at radius 2 is 0.931 bits per heavy atom. The number of methoxy groups -OCH3 is 1. The molecule has 116 heavy (non-hydrogen) atoms. The van der Waals surface area contributed by atoms with Crippen LogP contribution in [0.1, 0.15) is 85.7 Å². The number of fused-ring (bicyclic) bond motifs is 5. The first-order chi connectivity index (χ1) is 56.4. The van der Waals surface area contributed by atoms with Gasteiger partial charge in [0.25, 0.3) is 24.0 Å². The Labute approximate surface area is 695 Å². The molecule has 15 aromatic heterocycles. The summed E-state index contributed by atoms with van der Waals surface area (Å²) in [5.41, 5.74) is 6.15. The molecule has 47 heteroatoms. The van der Waals surface area contributed by atoms with Gasteiger partial charge in [-0.1, -0.05) is 24.4 Å². The molecule has 0 unspecified atom stereocenters. The summed E-state index contributed by atoms with van der Waals surface area (Å²) >= 11 is 34.6. The van der Waals surface area contributed by atoms with E-state index in [4.69, 9.17) is 86.4 Å². The van der Waals surface area contributed by atoms with Crippen molar-refractivity contribution in [2.45, 2.75) is 104 Å². The molecule has 3 fully saturated rings. The fourth-order valence-corrected chi connectivity index (χ4v) is 13.5. The second-order valence-electron chi connectivity index (χ2n) is 26.5. The van der Waals surface area contributed by atoms with Crippen molar-refractivity contribution in [3.05, 3.63) is 143 Å². The van der Waals surface area contributed by atoms with Crippen molar-refractivity contribution < 1.29 is 33.2 Å². The number of anilines is 5. The second kappa shape index (κ2) is 38.9. The van der Waals surface area contributed by atoms with Crippen LogP contribution in [0.25, 0.3) is 50.3 Å². The van der Waals surface area contributed by atoms with Gasteiger partial charge in [0.15, 0.2) is 51.5 Å². The Hall–Kier alpha value is -11.3. The van der Waals surface area contributed by atoms with Gasteiger partial charge in [-0.3, -0.25) is 0 Å². The summed E-state index contributed by atoms with van der Waals surface area (Å²) in [4.78, 5) is 109. The number of hydrogen-bond acceptors (Lipinski definition) is 36. The minimum Gasteiger partial charge on any atom is -0.464 e. The summed E-state index contributed by atoms with van der Waals surface area (Å²) in [6.07, 6.45) is 20.2. The van der Waals surface area contributed by atoms with Crippen molar-refractivity contribution >= 4 is 178 Å². The third-order valence-corrected chi connectivity index (χ3v) is 20.3. The highest BCUT2D eigenvalue weighted by Gasteiger charge is 2.36. The molecule has 3 aliphatic rings. The maximum atomic E-state index is 12.0. The molecule has 15 aromatic rings. The lowest BCUT2D eigenvalue weighted by Crippen LogP contribution is -2.57. The third kappa shape index (κ3) is 22.6. The second-order valence-corrected chi connectivity index (χ2v) is 31.2. The van der Waals surface area contributed by atoms with Crippen LogP contribution < -0.4 is 45.5 Å². The van der Waals surface area contributed by atoms with Crippen LogP contribution in [0.3, 0.4) is 0 Å². The third-order valence-electron chi connectivity index (χ3n) is 17.0. The molecular formula is C69H73Cl5N32O7S3. The lowest BCUT2D eigenvalue weighted by Gasteiger charge is -2.38. The van der Waals surface area contributed by atoms with E-state index in [1.165, 1.54) is 51.2 Å². The molecule has 0 spiro atoms. The van der Waals surface area contributed by atoms with Crippen molar-refractivity contribution in [1.82, 2.24) is 134 Å². The minimum atomic E-state index is -0.533. The minimum absolute atomic E-state index is 0.0606. The normalized spacial score (nSPS) is 13.4. The van der Waals surface area contributed by atoms with Crippen LogP contribution in [0.2, 0.25) is 26.3 Å². The molecule has 1 saturated heterocycles. The Kier molecular flexibility index (Phi) is 27.3. The van der Waals surface area contributed by atoms with Gasteiger partial charge >= 0.3 is 6.09 Å². The fourth-order valence-electron chi connectivity index (χ4n) is 11.0. The number of aromatic amines is 4. The fraction of sp³-hybridized carbons (Fsp3) is 0.362. The number of imidazole rings is 4. The highest BCUT2D eigenvalue weighted by molar-refractivity contribution is 7.10. The number of nitrogens with one attached hydrogen (secondary N) is 9. The molecule has 9 N–H and O–H groups in total. The van der Waals surface area contributed by atoms with Crippen molar-refractivity contribution in [3.63, 3.8) is 0 Å². The number of nitrogens with zero attached hydrogens (tertiary/aromatic N) is 23. The SMILES string of the molecule is CC(C)(C)OC(=O)N1CC(Oc2nc3nc(Cl)nc(NCc4ccncn4)c3[nH]2)C1.COCCOc1nc2nc(Cl)nc(NCc3nccs3)c2[nH]1.Clc1cc(NCc2nccs2)n2nccc2n1.Clc1nc(NCc2ccncn2)c2[nH]c(OCC3CCC3)nc2n1.Clc1nc(NCc2nccs2)c2[nH]c(OCC3CCC3)nc2n1. The van der Waals surface area contributed by atoms with Crippen LogP contribution >= 0.6 is 92.0 Å². The Bertz CT molecular complexity index is 5660. The summed E-state index contributed by atoms with van der Waals surface area (Å²) in [5, 5.41) is 29.8. The average Bonchev–Trinajstić information content (AvgIpc) is 1.68. The van der Waals surface area contributed by atoms with Gasteiger partial charge in [0.1, 0.15) is 79.0 Å². The number of thiazole rings is 3. The highest BCUT2D eigenvalue weighted by atomic mass is 35.5. The van der Waals surface area contributed by atoms with Crippen molar-refractivity contribution in [2.24, 2.45) is 11.8 Å². The van der Waals surface area contributed by atoms with Crippen molar-refractivity contribution in [2.75, 3.05) is 73.2 Å². The van der Waals surface area contributed by atoms with Crippen molar-refractivity contribution in [3.8, 4) is 24.0 Å². The monoisotopic (exact) mass is 1730 g/mol. The lowest BCUT2D eigenvalue weighted by atomic mass is 9.86. The van der Waals surface area contributed by atoms with Crippen molar-refractivity contribution in [1.29, 1.82) is 0 Å². The van der Waals surface area contributed by atoms with Gasteiger partial charge in [0.2, 0.25) is 21.1 Å². The zero-order chi connectivity index (χ0) is 80.3. The number of amides is 1. The van der Waals surface area contributed by atoms with E-state index >= 15 is 0 Å². The van der Waals surface area contributed by atoms with E-state index in [-0.39, 0.29) is 39.3 Å². The maximum absolute atomic E-state index is 12.0. The van der Waals surface area contributed by atoms with Gasteiger partial charge in [0.05, 0.1) is 83.2 Å². The topological polar surface area (TPSA) is 474 Å². The summed E-state index contributed by atoms with van der Waals surface area (Å²) in [7, 11) is 1.61. The summed E-state index contributed by atoms with van der Waals surface area (Å²) in [6.45, 7) is 11.2. The van der Waals surface area contributed by atoms with Crippen LogP contribution in [-0.4, -0.2) is 199 Å². The Morgan fingerprint density at radius 1 is 0.500 bits per heavy atom. The molecule has 604 valence electrons. The Morgan fingerprint density at radius 3 is 1.34 bits per heavy atom. The van der Waals surface area contributed by atoms with Gasteiger partial charge in [-0.05, 0) is 117 Å². The lowest BCUT2D eigenvalue weighted by molar-refractivity contribution is -0.0241. The molecular weight excluding hydrogens is 1660 g/mol. The summed E-state index contributed by atoms with van der Waals surface area (Å²) < 4.78 is 34.7. The molecule has 1 aliphatic heterocycles. The van der Waals surface area contributed by atoms with Gasteiger partial charge in [-0.15, -0.1) is 34.0 Å². The largest absolute Gasteiger partial charge is 0.464 e. The van der Waals surface area contributed by atoms with E-state index in [9.17, 15) is 4.79 Å². The summed E-state index contributed by atoms with van der Waals surface area (Å²) in [5.74, 6) is 4.27. The first kappa shape index (κ1) is 81.3.